The molecule has 0 radical (unpaired) electrons. The molecule has 3 aromatic rings. The molecule has 0 unspecified atom stereocenters. The number of nitrogens with zero attached hydrogens (tertiary/aromatic N) is 3. The molecule has 0 fully saturated rings. The number of fused-ring (bicyclic) bond motifs is 1. The molecule has 19 heavy (non-hydrogen) atoms. The van der Waals surface area contributed by atoms with Crippen LogP contribution in [0.25, 0.3) is 5.52 Å². The van der Waals surface area contributed by atoms with Gasteiger partial charge in [-0.25, -0.2) is 4.98 Å². The van der Waals surface area contributed by atoms with Crippen LogP contribution in [0.2, 0.25) is 0 Å². The van der Waals surface area contributed by atoms with Gasteiger partial charge in [0, 0.05) is 12.3 Å². The van der Waals surface area contributed by atoms with E-state index in [9.17, 15) is 4.79 Å². The molecule has 6 heteroatoms. The van der Waals surface area contributed by atoms with E-state index in [2.05, 4.69) is 15.5 Å². The second-order valence-electron chi connectivity index (χ2n) is 4.24. The maximum absolute atomic E-state index is 12.2. The number of anilines is 1. The molecular weight excluding hydrogens is 244 g/mol. The van der Waals surface area contributed by atoms with Crippen LogP contribution in [0.3, 0.4) is 0 Å². The van der Waals surface area contributed by atoms with Crippen LogP contribution in [-0.2, 0) is 0 Å². The van der Waals surface area contributed by atoms with E-state index in [1.807, 2.05) is 35.7 Å². The Labute approximate surface area is 109 Å². The lowest BCUT2D eigenvalue weighted by molar-refractivity contribution is 0.102. The van der Waals surface area contributed by atoms with Gasteiger partial charge in [-0.2, -0.15) is 0 Å². The number of carbonyl (C=O) groups excluding carboxylic acids is 1. The Kier molecular flexibility index (Phi) is 2.56. The van der Waals surface area contributed by atoms with Crippen LogP contribution in [0.1, 0.15) is 22.1 Å². The SMILES string of the molecule is Cc1cc(NC(=O)c2nc(C)n3ccccc23)no1. The molecule has 0 aliphatic carbocycles. The summed E-state index contributed by atoms with van der Waals surface area (Å²) < 4.78 is 6.77. The quantitative estimate of drug-likeness (QED) is 0.762. The van der Waals surface area contributed by atoms with Gasteiger partial charge in [-0.3, -0.25) is 4.79 Å². The summed E-state index contributed by atoms with van der Waals surface area (Å²) in [5.41, 5.74) is 1.14. The maximum Gasteiger partial charge on any atom is 0.277 e. The van der Waals surface area contributed by atoms with Crippen molar-refractivity contribution >= 4 is 17.2 Å². The first-order chi connectivity index (χ1) is 9.15. The van der Waals surface area contributed by atoms with Gasteiger partial charge in [-0.05, 0) is 26.0 Å². The van der Waals surface area contributed by atoms with Crippen molar-refractivity contribution in [2.24, 2.45) is 0 Å². The van der Waals surface area contributed by atoms with Crippen LogP contribution < -0.4 is 5.32 Å². The van der Waals surface area contributed by atoms with Crippen molar-refractivity contribution in [1.29, 1.82) is 0 Å². The third kappa shape index (κ3) is 1.97. The van der Waals surface area contributed by atoms with Gasteiger partial charge >= 0.3 is 0 Å². The van der Waals surface area contributed by atoms with Crippen LogP contribution in [0.15, 0.2) is 35.0 Å². The molecule has 0 aliphatic heterocycles. The second kappa shape index (κ2) is 4.24. The molecule has 1 amide bonds. The summed E-state index contributed by atoms with van der Waals surface area (Å²) in [5, 5.41) is 6.39. The topological polar surface area (TPSA) is 72.4 Å². The first-order valence-electron chi connectivity index (χ1n) is 5.83. The average Bonchev–Trinajstić information content (AvgIpc) is 2.95. The lowest BCUT2D eigenvalue weighted by Crippen LogP contribution is -2.13. The number of aryl methyl sites for hydroxylation is 2. The number of amides is 1. The van der Waals surface area contributed by atoms with Gasteiger partial charge in [0.2, 0.25) is 0 Å². The summed E-state index contributed by atoms with van der Waals surface area (Å²) in [6.07, 6.45) is 1.87. The van der Waals surface area contributed by atoms with Crippen molar-refractivity contribution in [3.05, 3.63) is 47.7 Å². The Morgan fingerprint density at radius 2 is 2.21 bits per heavy atom. The molecule has 0 aromatic carbocycles. The van der Waals surface area contributed by atoms with E-state index >= 15 is 0 Å². The highest BCUT2D eigenvalue weighted by Crippen LogP contribution is 2.15. The average molecular weight is 256 g/mol. The third-order valence-electron chi connectivity index (χ3n) is 2.81. The van der Waals surface area contributed by atoms with Crippen molar-refractivity contribution in [1.82, 2.24) is 14.5 Å². The smallest absolute Gasteiger partial charge is 0.277 e. The molecule has 3 aromatic heterocycles. The zero-order valence-corrected chi connectivity index (χ0v) is 10.5. The van der Waals surface area contributed by atoms with Crippen molar-refractivity contribution < 1.29 is 9.32 Å². The number of hydrogen-bond acceptors (Lipinski definition) is 4. The molecule has 0 saturated carbocycles. The van der Waals surface area contributed by atoms with Crippen molar-refractivity contribution in [2.75, 3.05) is 5.32 Å². The fourth-order valence-corrected chi connectivity index (χ4v) is 1.96. The fraction of sp³-hybridized carbons (Fsp3) is 0.154. The van der Waals surface area contributed by atoms with E-state index < -0.39 is 0 Å². The van der Waals surface area contributed by atoms with Gasteiger partial charge < -0.3 is 14.2 Å². The molecule has 3 heterocycles. The van der Waals surface area contributed by atoms with E-state index in [1.165, 1.54) is 0 Å². The van der Waals surface area contributed by atoms with Crippen molar-refractivity contribution in [3.8, 4) is 0 Å². The van der Waals surface area contributed by atoms with E-state index in [1.54, 1.807) is 13.0 Å². The van der Waals surface area contributed by atoms with Crippen LogP contribution in [0, 0.1) is 13.8 Å². The standard InChI is InChI=1S/C13H12N4O2/c1-8-7-11(16-19-8)15-13(18)12-10-5-3-4-6-17(10)9(2)14-12/h3-7H,1-2H3,(H,15,16,18). The van der Waals surface area contributed by atoms with Gasteiger partial charge in [0.25, 0.3) is 5.91 Å². The van der Waals surface area contributed by atoms with E-state index in [-0.39, 0.29) is 5.91 Å². The Hall–Kier alpha value is -2.63. The van der Waals surface area contributed by atoms with E-state index in [0.29, 0.717) is 17.3 Å². The minimum Gasteiger partial charge on any atom is -0.360 e. The molecule has 0 bridgehead atoms. The van der Waals surface area contributed by atoms with Crippen molar-refractivity contribution in [3.63, 3.8) is 0 Å². The first-order valence-corrected chi connectivity index (χ1v) is 5.83. The molecule has 0 aliphatic rings. The number of carbonyl (C=O) groups is 1. The largest absolute Gasteiger partial charge is 0.360 e. The maximum atomic E-state index is 12.2. The Bertz CT molecular complexity index is 757. The number of pyridine rings is 1. The summed E-state index contributed by atoms with van der Waals surface area (Å²) in [6, 6.07) is 7.27. The molecule has 1 N–H and O–H groups in total. The van der Waals surface area contributed by atoms with Crippen LogP contribution >= 0.6 is 0 Å². The predicted molar refractivity (Wildman–Crippen MR) is 69.1 cm³/mol. The van der Waals surface area contributed by atoms with Gasteiger partial charge in [0.15, 0.2) is 11.5 Å². The minimum atomic E-state index is -0.301. The van der Waals surface area contributed by atoms with Crippen LogP contribution in [-0.4, -0.2) is 20.4 Å². The molecule has 0 spiro atoms. The lowest BCUT2D eigenvalue weighted by atomic mass is 10.3. The lowest BCUT2D eigenvalue weighted by Gasteiger charge is -1.98. The Balaban J connectivity index is 1.98. The van der Waals surface area contributed by atoms with Crippen LogP contribution in [0.5, 0.6) is 0 Å². The third-order valence-corrected chi connectivity index (χ3v) is 2.81. The number of nitrogens with one attached hydrogen (secondary N) is 1. The molecule has 96 valence electrons. The number of hydrogen-bond donors (Lipinski definition) is 1. The summed E-state index contributed by atoms with van der Waals surface area (Å²) in [5.74, 6) is 1.49. The normalized spacial score (nSPS) is 10.8. The summed E-state index contributed by atoms with van der Waals surface area (Å²) in [7, 11) is 0. The highest BCUT2D eigenvalue weighted by Gasteiger charge is 2.16. The molecular formula is C13H12N4O2. The van der Waals surface area contributed by atoms with E-state index in [4.69, 9.17) is 4.52 Å². The molecule has 6 nitrogen and oxygen atoms in total. The first kappa shape index (κ1) is 11.5. The number of imidazole rings is 1. The monoisotopic (exact) mass is 256 g/mol. The molecule has 3 rings (SSSR count). The number of rotatable bonds is 2. The highest BCUT2D eigenvalue weighted by atomic mass is 16.5. The molecule has 0 saturated heterocycles. The van der Waals surface area contributed by atoms with Gasteiger partial charge in [-0.15, -0.1) is 0 Å². The zero-order chi connectivity index (χ0) is 13.4. The Morgan fingerprint density at radius 3 is 2.95 bits per heavy atom. The predicted octanol–water partition coefficient (Wildman–Crippen LogP) is 2.19. The second-order valence-corrected chi connectivity index (χ2v) is 4.24. The fourth-order valence-electron chi connectivity index (χ4n) is 1.96. The Morgan fingerprint density at radius 1 is 1.37 bits per heavy atom. The van der Waals surface area contributed by atoms with Crippen molar-refractivity contribution in [2.45, 2.75) is 13.8 Å². The molecule has 0 atom stereocenters. The van der Waals surface area contributed by atoms with Gasteiger partial charge in [0.1, 0.15) is 11.6 Å². The highest BCUT2D eigenvalue weighted by molar-refractivity contribution is 6.07. The summed E-state index contributed by atoms with van der Waals surface area (Å²) in [4.78, 5) is 16.5. The van der Waals surface area contributed by atoms with Gasteiger partial charge in [0.05, 0.1) is 5.52 Å². The number of aromatic nitrogens is 3. The summed E-state index contributed by atoms with van der Waals surface area (Å²) in [6.45, 7) is 3.61. The summed E-state index contributed by atoms with van der Waals surface area (Å²) >= 11 is 0. The zero-order valence-electron chi connectivity index (χ0n) is 10.5. The van der Waals surface area contributed by atoms with Crippen LogP contribution in [0.4, 0.5) is 5.82 Å². The van der Waals surface area contributed by atoms with Gasteiger partial charge in [-0.1, -0.05) is 11.2 Å². The minimum absolute atomic E-state index is 0.301. The van der Waals surface area contributed by atoms with E-state index in [0.717, 1.165) is 11.3 Å².